The molecule has 1 saturated heterocycles. The van der Waals surface area contributed by atoms with Crippen molar-refractivity contribution >= 4 is 18.3 Å². The lowest BCUT2D eigenvalue weighted by Crippen LogP contribution is -2.49. The minimum Gasteiger partial charge on any atom is -0.496 e. The molecule has 1 aliphatic rings. The fourth-order valence-electron chi connectivity index (χ4n) is 3.54. The van der Waals surface area contributed by atoms with Crippen LogP contribution in [0.4, 0.5) is 0 Å². The molecule has 0 bridgehead atoms. The average molecular weight is 415 g/mol. The van der Waals surface area contributed by atoms with Gasteiger partial charge >= 0.3 is 0 Å². The zero-order valence-corrected chi connectivity index (χ0v) is 16.9. The van der Waals surface area contributed by atoms with Gasteiger partial charge in [-0.05, 0) is 34.2 Å². The Morgan fingerprint density at radius 1 is 1.21 bits per heavy atom. The van der Waals surface area contributed by atoms with Crippen LogP contribution < -0.4 is 10.1 Å². The van der Waals surface area contributed by atoms with E-state index in [0.29, 0.717) is 19.5 Å². The van der Waals surface area contributed by atoms with E-state index >= 15 is 0 Å². The highest BCUT2D eigenvalue weighted by molar-refractivity contribution is 5.85. The van der Waals surface area contributed by atoms with Crippen molar-refractivity contribution in [1.82, 2.24) is 30.4 Å². The number of tetrazole rings is 1. The van der Waals surface area contributed by atoms with E-state index in [1.807, 2.05) is 53.4 Å². The molecule has 9 heteroatoms. The molecule has 0 saturated carbocycles. The lowest BCUT2D eigenvalue weighted by atomic mass is 10.0. The summed E-state index contributed by atoms with van der Waals surface area (Å²) in [7, 11) is 1.66. The summed E-state index contributed by atoms with van der Waals surface area (Å²) < 4.78 is 7.09. The Hall–Kier alpha value is -2.97. The van der Waals surface area contributed by atoms with Crippen molar-refractivity contribution < 1.29 is 9.53 Å². The van der Waals surface area contributed by atoms with E-state index in [2.05, 4.69) is 20.8 Å². The molecule has 1 amide bonds. The van der Waals surface area contributed by atoms with E-state index in [-0.39, 0.29) is 24.4 Å². The van der Waals surface area contributed by atoms with Gasteiger partial charge in [-0.3, -0.25) is 4.79 Å². The number of methoxy groups -OCH3 is 1. The highest BCUT2D eigenvalue weighted by Gasteiger charge is 2.29. The first-order valence-corrected chi connectivity index (χ1v) is 9.21. The largest absolute Gasteiger partial charge is 0.496 e. The number of amides is 1. The number of aromatic nitrogens is 4. The van der Waals surface area contributed by atoms with Gasteiger partial charge in [0.05, 0.1) is 25.3 Å². The number of benzene rings is 2. The smallest absolute Gasteiger partial charge is 0.227 e. The van der Waals surface area contributed by atoms with Gasteiger partial charge < -0.3 is 15.0 Å². The van der Waals surface area contributed by atoms with E-state index < -0.39 is 0 Å². The number of carbonyl (C=O) groups excluding carboxylic acids is 1. The first-order valence-electron chi connectivity index (χ1n) is 9.21. The van der Waals surface area contributed by atoms with Gasteiger partial charge in [0.25, 0.3) is 0 Å². The average Bonchev–Trinajstić information content (AvgIpc) is 3.29. The van der Waals surface area contributed by atoms with Crippen molar-refractivity contribution in [3.8, 4) is 11.4 Å². The van der Waals surface area contributed by atoms with Crippen LogP contribution in [0.3, 0.4) is 0 Å². The summed E-state index contributed by atoms with van der Waals surface area (Å²) in [6.45, 7) is 2.17. The number of halogens is 1. The van der Waals surface area contributed by atoms with Gasteiger partial charge in [0.15, 0.2) is 0 Å². The fraction of sp³-hybridized carbons (Fsp3) is 0.300. The van der Waals surface area contributed by atoms with Gasteiger partial charge in [-0.25, -0.2) is 4.68 Å². The number of rotatable bonds is 5. The van der Waals surface area contributed by atoms with Crippen LogP contribution in [-0.2, 0) is 11.2 Å². The van der Waals surface area contributed by atoms with Crippen molar-refractivity contribution in [3.05, 3.63) is 66.0 Å². The van der Waals surface area contributed by atoms with Crippen LogP contribution >= 0.6 is 12.4 Å². The van der Waals surface area contributed by atoms with Crippen LogP contribution in [0.15, 0.2) is 54.9 Å². The molecule has 152 valence electrons. The SMILES string of the molecule is COc1ccccc1C1CNCCN1C(=O)Cc1ccc(-n2cnnn2)cc1.Cl. The predicted molar refractivity (Wildman–Crippen MR) is 110 cm³/mol. The van der Waals surface area contributed by atoms with E-state index in [1.54, 1.807) is 18.1 Å². The van der Waals surface area contributed by atoms with Gasteiger partial charge in [0, 0.05) is 25.2 Å². The minimum absolute atomic E-state index is 0. The van der Waals surface area contributed by atoms with Crippen LogP contribution in [0, 0.1) is 0 Å². The van der Waals surface area contributed by atoms with E-state index in [0.717, 1.165) is 29.1 Å². The van der Waals surface area contributed by atoms with Gasteiger partial charge in [-0.2, -0.15) is 0 Å². The molecule has 1 N–H and O–H groups in total. The number of ether oxygens (including phenoxy) is 1. The molecule has 1 unspecified atom stereocenters. The third kappa shape index (κ3) is 4.55. The Labute approximate surface area is 175 Å². The molecule has 0 aliphatic carbocycles. The third-order valence-corrected chi connectivity index (χ3v) is 4.97. The van der Waals surface area contributed by atoms with Gasteiger partial charge in [-0.1, -0.05) is 30.3 Å². The molecule has 0 radical (unpaired) electrons. The number of nitrogens with one attached hydrogen (secondary N) is 1. The van der Waals surface area contributed by atoms with Crippen LogP contribution in [0.2, 0.25) is 0 Å². The second kappa shape index (κ2) is 9.49. The van der Waals surface area contributed by atoms with E-state index in [9.17, 15) is 4.79 Å². The number of piperazine rings is 1. The first kappa shape index (κ1) is 20.8. The first-order chi connectivity index (χ1) is 13.8. The molecular formula is C20H23ClN6O2. The maximum absolute atomic E-state index is 13.1. The van der Waals surface area contributed by atoms with E-state index in [1.165, 1.54) is 0 Å². The van der Waals surface area contributed by atoms with Crippen LogP contribution in [0.5, 0.6) is 5.75 Å². The molecule has 3 aromatic rings. The maximum atomic E-state index is 13.1. The lowest BCUT2D eigenvalue weighted by molar-refractivity contribution is -0.133. The van der Waals surface area contributed by atoms with Crippen molar-refractivity contribution in [1.29, 1.82) is 0 Å². The normalized spacial score (nSPS) is 16.2. The summed E-state index contributed by atoms with van der Waals surface area (Å²) in [5, 5.41) is 14.5. The van der Waals surface area contributed by atoms with Crippen molar-refractivity contribution in [2.45, 2.75) is 12.5 Å². The minimum atomic E-state index is -0.0436. The molecule has 2 heterocycles. The molecule has 1 atom stereocenters. The molecule has 0 spiro atoms. The van der Waals surface area contributed by atoms with Crippen LogP contribution in [0.1, 0.15) is 17.2 Å². The van der Waals surface area contributed by atoms with Crippen LogP contribution in [0.25, 0.3) is 5.69 Å². The Bertz CT molecular complexity index is 932. The standard InChI is InChI=1S/C20H22N6O2.ClH/c1-28-19-5-3-2-4-17(19)18-13-21-10-11-25(18)20(27)12-15-6-8-16(9-7-15)26-14-22-23-24-26;/h2-9,14,18,21H,10-13H2,1H3;1H. The van der Waals surface area contributed by atoms with Gasteiger partial charge in [-0.15, -0.1) is 17.5 Å². The molecule has 1 aliphatic heterocycles. The fourth-order valence-corrected chi connectivity index (χ4v) is 3.54. The van der Waals surface area contributed by atoms with Crippen molar-refractivity contribution in [2.24, 2.45) is 0 Å². The Morgan fingerprint density at radius 3 is 2.72 bits per heavy atom. The molecule has 4 rings (SSSR count). The summed E-state index contributed by atoms with van der Waals surface area (Å²) in [4.78, 5) is 15.0. The second-order valence-corrected chi connectivity index (χ2v) is 6.65. The Morgan fingerprint density at radius 2 is 2.00 bits per heavy atom. The summed E-state index contributed by atoms with van der Waals surface area (Å²) in [5.41, 5.74) is 2.84. The Kier molecular flexibility index (Phi) is 6.79. The second-order valence-electron chi connectivity index (χ2n) is 6.65. The predicted octanol–water partition coefficient (Wildman–Crippen LogP) is 1.81. The molecular weight excluding hydrogens is 392 g/mol. The number of carbonyl (C=O) groups is 1. The summed E-state index contributed by atoms with van der Waals surface area (Å²) in [6, 6.07) is 15.5. The molecule has 1 aromatic heterocycles. The van der Waals surface area contributed by atoms with Gasteiger partial charge in [0.1, 0.15) is 12.1 Å². The van der Waals surface area contributed by atoms with Crippen LogP contribution in [-0.4, -0.2) is 57.8 Å². The number of nitrogens with zero attached hydrogens (tertiary/aromatic N) is 5. The number of hydrogen-bond donors (Lipinski definition) is 1. The monoisotopic (exact) mass is 414 g/mol. The highest BCUT2D eigenvalue weighted by Crippen LogP contribution is 2.30. The van der Waals surface area contributed by atoms with Crippen molar-refractivity contribution in [3.63, 3.8) is 0 Å². The summed E-state index contributed by atoms with van der Waals surface area (Å²) in [5.74, 6) is 0.910. The zero-order chi connectivity index (χ0) is 19.3. The van der Waals surface area contributed by atoms with E-state index in [4.69, 9.17) is 4.74 Å². The number of hydrogen-bond acceptors (Lipinski definition) is 6. The quantitative estimate of drug-likeness (QED) is 0.685. The Balaban J connectivity index is 0.00000240. The highest BCUT2D eigenvalue weighted by atomic mass is 35.5. The molecule has 2 aromatic carbocycles. The van der Waals surface area contributed by atoms with Gasteiger partial charge in [0.2, 0.25) is 5.91 Å². The third-order valence-electron chi connectivity index (χ3n) is 4.97. The zero-order valence-electron chi connectivity index (χ0n) is 16.1. The molecule has 29 heavy (non-hydrogen) atoms. The topological polar surface area (TPSA) is 85.2 Å². The lowest BCUT2D eigenvalue weighted by Gasteiger charge is -2.37. The summed E-state index contributed by atoms with van der Waals surface area (Å²) >= 11 is 0. The summed E-state index contributed by atoms with van der Waals surface area (Å²) in [6.07, 6.45) is 1.89. The van der Waals surface area contributed by atoms with Crippen molar-refractivity contribution in [2.75, 3.05) is 26.7 Å². The number of para-hydroxylation sites is 1. The maximum Gasteiger partial charge on any atom is 0.227 e. The molecule has 1 fully saturated rings. The molecule has 8 nitrogen and oxygen atoms in total.